The van der Waals surface area contributed by atoms with Gasteiger partial charge in [-0.2, -0.15) is 0 Å². The average molecular weight is 739 g/mol. The number of esters is 2. The van der Waals surface area contributed by atoms with Gasteiger partial charge >= 0.3 is 11.9 Å². The summed E-state index contributed by atoms with van der Waals surface area (Å²) in [4.78, 5) is 24.4. The fourth-order valence-electron chi connectivity index (χ4n) is 11.9. The van der Waals surface area contributed by atoms with Crippen LogP contribution in [0.15, 0.2) is 11.6 Å². The molecule has 0 bridgehead atoms. The standard InChI is InChI=1S/C38H58O14/c1-18-34(52-35-33(44)32(43)31(42)27(16-39)51-35)25(46-5)14-29(48-18)50-22-8-10-36(3)21(13-22)6-7-24-23(36)9-11-37(4)30(20-12-28(41)47-17-20)26(49-19(2)40)15-38(24,37)45/h12,18,21-27,29-35,39,42-45H,6-11,13-17H2,1-5H3/t18-,21-,22+,23+,24-,25+,26+,27-,29+,30-,31-,32+,33-,34-,35+,36+,37-,38+/m1/s1. The summed E-state index contributed by atoms with van der Waals surface area (Å²) in [6.07, 6.45) is -1.29. The van der Waals surface area contributed by atoms with Gasteiger partial charge in [-0.3, -0.25) is 4.79 Å². The van der Waals surface area contributed by atoms with E-state index in [0.717, 1.165) is 50.5 Å². The van der Waals surface area contributed by atoms with E-state index >= 15 is 0 Å². The second-order valence-corrected chi connectivity index (χ2v) is 17.1. The number of hydrogen-bond donors (Lipinski definition) is 5. The number of carbonyl (C=O) groups is 2. The van der Waals surface area contributed by atoms with Crippen LogP contribution < -0.4 is 0 Å². The Morgan fingerprint density at radius 3 is 2.40 bits per heavy atom. The van der Waals surface area contributed by atoms with Crippen LogP contribution in [0.1, 0.15) is 85.5 Å². The van der Waals surface area contributed by atoms with Gasteiger partial charge in [0.1, 0.15) is 43.2 Å². The minimum atomic E-state index is -1.55. The summed E-state index contributed by atoms with van der Waals surface area (Å²) in [6, 6.07) is 0. The molecule has 0 spiro atoms. The average Bonchev–Trinajstić information content (AvgIpc) is 3.61. The molecule has 3 aliphatic heterocycles. The number of hydrogen-bond acceptors (Lipinski definition) is 14. The van der Waals surface area contributed by atoms with Gasteiger partial charge in [-0.05, 0) is 80.6 Å². The van der Waals surface area contributed by atoms with Crippen molar-refractivity contribution in [3.05, 3.63) is 11.6 Å². The highest BCUT2D eigenvalue weighted by molar-refractivity contribution is 5.85. The third-order valence-corrected chi connectivity index (χ3v) is 14.6. The summed E-state index contributed by atoms with van der Waals surface area (Å²) in [6.45, 7) is 7.35. The van der Waals surface area contributed by atoms with Crippen molar-refractivity contribution in [3.8, 4) is 0 Å². The molecule has 0 aromatic heterocycles. The third kappa shape index (κ3) is 6.36. The largest absolute Gasteiger partial charge is 0.462 e. The molecule has 0 aromatic rings. The highest BCUT2D eigenvalue weighted by Crippen LogP contribution is 2.70. The first-order valence-electron chi connectivity index (χ1n) is 19.2. The van der Waals surface area contributed by atoms with Crippen molar-refractivity contribution in [2.45, 2.75) is 159 Å². The molecular formula is C38H58O14. The number of ether oxygens (including phenoxy) is 7. The van der Waals surface area contributed by atoms with E-state index in [1.54, 1.807) is 7.11 Å². The highest BCUT2D eigenvalue weighted by atomic mass is 16.7. The van der Waals surface area contributed by atoms with Crippen LogP contribution in [0, 0.1) is 34.5 Å². The van der Waals surface area contributed by atoms with Gasteiger partial charge in [0, 0.05) is 44.3 Å². The number of methoxy groups -OCH3 is 1. The Balaban J connectivity index is 0.999. The first kappa shape index (κ1) is 38.6. The lowest BCUT2D eigenvalue weighted by Crippen LogP contribution is -2.62. The summed E-state index contributed by atoms with van der Waals surface area (Å²) >= 11 is 0. The zero-order chi connectivity index (χ0) is 37.3. The molecule has 14 heteroatoms. The third-order valence-electron chi connectivity index (χ3n) is 14.6. The molecule has 18 atom stereocenters. The second kappa shape index (κ2) is 14.4. The molecule has 4 aliphatic carbocycles. The van der Waals surface area contributed by atoms with Crippen molar-refractivity contribution in [1.82, 2.24) is 0 Å². The number of aliphatic hydroxyl groups is 5. The lowest BCUT2D eigenvalue weighted by atomic mass is 9.43. The summed E-state index contributed by atoms with van der Waals surface area (Å²) in [5.74, 6) is -0.323. The van der Waals surface area contributed by atoms with Gasteiger partial charge in [0.25, 0.3) is 0 Å². The van der Waals surface area contributed by atoms with Crippen molar-refractivity contribution in [1.29, 1.82) is 0 Å². The molecule has 3 heterocycles. The minimum absolute atomic E-state index is 0.000668. The molecule has 0 radical (unpaired) electrons. The number of carbonyl (C=O) groups excluding carboxylic acids is 2. The Morgan fingerprint density at radius 1 is 0.962 bits per heavy atom. The van der Waals surface area contributed by atoms with E-state index in [2.05, 4.69) is 13.8 Å². The van der Waals surface area contributed by atoms with Crippen LogP contribution in [0.25, 0.3) is 0 Å². The van der Waals surface area contributed by atoms with E-state index in [1.165, 1.54) is 13.0 Å². The molecule has 6 fully saturated rings. The van der Waals surface area contributed by atoms with Gasteiger partial charge in [0.05, 0.1) is 30.5 Å². The van der Waals surface area contributed by atoms with Gasteiger partial charge in [0.2, 0.25) is 0 Å². The molecule has 2 saturated heterocycles. The first-order chi connectivity index (χ1) is 24.6. The predicted octanol–water partition coefficient (Wildman–Crippen LogP) is 1.51. The summed E-state index contributed by atoms with van der Waals surface area (Å²) in [5, 5.41) is 53.3. The maximum Gasteiger partial charge on any atom is 0.331 e. The topological polar surface area (TPSA) is 200 Å². The van der Waals surface area contributed by atoms with Gasteiger partial charge < -0.3 is 58.7 Å². The molecule has 294 valence electrons. The van der Waals surface area contributed by atoms with Crippen LogP contribution in [-0.4, -0.2) is 131 Å². The van der Waals surface area contributed by atoms with Crippen molar-refractivity contribution in [2.75, 3.05) is 20.3 Å². The maximum absolute atomic E-state index is 12.8. The normalized spacial score (nSPS) is 51.8. The lowest BCUT2D eigenvalue weighted by molar-refractivity contribution is -0.345. The number of aliphatic hydroxyl groups excluding tert-OH is 4. The van der Waals surface area contributed by atoms with Crippen LogP contribution in [0.3, 0.4) is 0 Å². The van der Waals surface area contributed by atoms with Crippen LogP contribution in [0.5, 0.6) is 0 Å². The Bertz CT molecular complexity index is 1370. The predicted molar refractivity (Wildman–Crippen MR) is 180 cm³/mol. The van der Waals surface area contributed by atoms with E-state index in [9.17, 15) is 35.1 Å². The van der Waals surface area contributed by atoms with E-state index in [1.807, 2.05) is 6.92 Å². The van der Waals surface area contributed by atoms with Gasteiger partial charge in [-0.1, -0.05) is 13.8 Å². The van der Waals surface area contributed by atoms with Crippen LogP contribution in [0.4, 0.5) is 0 Å². The Kier molecular flexibility index (Phi) is 10.7. The summed E-state index contributed by atoms with van der Waals surface area (Å²) < 4.78 is 41.6. The fraction of sp³-hybridized carbons (Fsp3) is 0.895. The molecule has 0 aromatic carbocycles. The van der Waals surface area contributed by atoms with Crippen molar-refractivity contribution in [2.24, 2.45) is 34.5 Å². The molecule has 7 aliphatic rings. The van der Waals surface area contributed by atoms with Crippen LogP contribution >= 0.6 is 0 Å². The van der Waals surface area contributed by atoms with Gasteiger partial charge in [-0.25, -0.2) is 4.79 Å². The zero-order valence-corrected chi connectivity index (χ0v) is 30.9. The minimum Gasteiger partial charge on any atom is -0.462 e. The molecule has 14 nitrogen and oxygen atoms in total. The maximum atomic E-state index is 12.8. The van der Waals surface area contributed by atoms with E-state index in [-0.39, 0.29) is 41.9 Å². The molecule has 5 N–H and O–H groups in total. The SMILES string of the molecule is CO[C@H]1C[C@H](O[C@H]2CC[C@@]3(C)[C@H](CC[C@@H]4[C@@H]3CC[C@]3(C)[C@H](C5=CC(=O)OC5)[C@@H](OC(C)=O)C[C@]43O)C2)O[C@H](C)[C@H]1O[C@@H]1O[C@H](CO)[C@@H](O)[C@H](O)[C@H]1O. The van der Waals surface area contributed by atoms with Crippen molar-refractivity contribution in [3.63, 3.8) is 0 Å². The van der Waals surface area contributed by atoms with E-state index in [0.29, 0.717) is 24.7 Å². The van der Waals surface area contributed by atoms with E-state index in [4.69, 9.17) is 33.2 Å². The number of cyclic esters (lactones) is 1. The lowest BCUT2D eigenvalue weighted by Gasteiger charge is -2.63. The highest BCUT2D eigenvalue weighted by Gasteiger charge is 2.71. The van der Waals surface area contributed by atoms with Crippen molar-refractivity contribution >= 4 is 11.9 Å². The van der Waals surface area contributed by atoms with Crippen LogP contribution in [0.2, 0.25) is 0 Å². The van der Waals surface area contributed by atoms with Gasteiger partial charge in [0.15, 0.2) is 12.6 Å². The summed E-state index contributed by atoms with van der Waals surface area (Å²) in [5.41, 5.74) is -0.799. The zero-order valence-electron chi connectivity index (χ0n) is 30.9. The van der Waals surface area contributed by atoms with Crippen LogP contribution in [-0.2, 0) is 42.7 Å². The Morgan fingerprint density at radius 2 is 1.73 bits per heavy atom. The molecule has 7 rings (SSSR count). The number of rotatable bonds is 8. The molecule has 4 saturated carbocycles. The molecular weight excluding hydrogens is 680 g/mol. The van der Waals surface area contributed by atoms with E-state index < -0.39 is 79.0 Å². The molecule has 0 amide bonds. The summed E-state index contributed by atoms with van der Waals surface area (Å²) in [7, 11) is 1.57. The van der Waals surface area contributed by atoms with Gasteiger partial charge in [-0.15, -0.1) is 0 Å². The monoisotopic (exact) mass is 738 g/mol. The smallest absolute Gasteiger partial charge is 0.331 e. The quantitative estimate of drug-likeness (QED) is 0.177. The fourth-order valence-corrected chi connectivity index (χ4v) is 11.9. The van der Waals surface area contributed by atoms with Crippen molar-refractivity contribution < 1.29 is 68.3 Å². The molecule has 0 unspecified atom stereocenters. The molecule has 52 heavy (non-hydrogen) atoms. The number of fused-ring (bicyclic) bond motifs is 5. The first-order valence-corrected chi connectivity index (χ1v) is 19.2. The second-order valence-electron chi connectivity index (χ2n) is 17.1. The Hall–Kier alpha value is -1.72. The Labute approximate surface area is 305 Å².